The second-order valence-electron chi connectivity index (χ2n) is 6.81. The summed E-state index contributed by atoms with van der Waals surface area (Å²) in [6, 6.07) is 9.09. The normalized spacial score (nSPS) is 23.3. The van der Waals surface area contributed by atoms with Crippen LogP contribution < -0.4 is 4.74 Å². The summed E-state index contributed by atoms with van der Waals surface area (Å²) in [6.07, 6.45) is 2.79. The van der Waals surface area contributed by atoms with Gasteiger partial charge in [0, 0.05) is 44.5 Å². The maximum atomic E-state index is 13.9. The summed E-state index contributed by atoms with van der Waals surface area (Å²) in [5.41, 5.74) is 1.46. The van der Waals surface area contributed by atoms with Gasteiger partial charge < -0.3 is 4.74 Å². The highest BCUT2D eigenvalue weighted by molar-refractivity contribution is 5.29. The molecular formula is C19H21F2N3O. The maximum Gasteiger partial charge on any atom is 0.165 e. The summed E-state index contributed by atoms with van der Waals surface area (Å²) in [5, 5.41) is 0. The number of methoxy groups -OCH3 is 1. The molecule has 132 valence electrons. The lowest BCUT2D eigenvalue weighted by atomic mass is 9.86. The van der Waals surface area contributed by atoms with Crippen LogP contribution in [0, 0.1) is 11.6 Å². The molecule has 1 aromatic heterocycles. The van der Waals surface area contributed by atoms with Crippen molar-refractivity contribution in [1.82, 2.24) is 14.8 Å². The van der Waals surface area contributed by atoms with Gasteiger partial charge in [-0.05, 0) is 36.2 Å². The van der Waals surface area contributed by atoms with Crippen LogP contribution in [0.2, 0.25) is 0 Å². The number of hydrogen-bond donors (Lipinski definition) is 0. The second kappa shape index (κ2) is 6.69. The number of hydrogen-bond acceptors (Lipinski definition) is 4. The molecule has 6 heteroatoms. The zero-order chi connectivity index (χ0) is 17.4. The summed E-state index contributed by atoms with van der Waals surface area (Å²) in [6.45, 7) is 3.07. The summed E-state index contributed by atoms with van der Waals surface area (Å²) in [5.74, 6) is -0.290. The van der Waals surface area contributed by atoms with Crippen molar-refractivity contribution < 1.29 is 13.5 Å². The van der Waals surface area contributed by atoms with Gasteiger partial charge in [0.1, 0.15) is 5.82 Å². The highest BCUT2D eigenvalue weighted by Crippen LogP contribution is 2.34. The predicted molar refractivity (Wildman–Crippen MR) is 90.2 cm³/mol. The SMILES string of the molecule is COc1ccc(CN2C3CC2CN(Cc2ncccc2F)C3)cc1F. The fraction of sp³-hybridized carbons (Fsp3) is 0.421. The number of halogens is 2. The quantitative estimate of drug-likeness (QED) is 0.833. The van der Waals surface area contributed by atoms with Crippen molar-refractivity contribution in [2.45, 2.75) is 31.6 Å². The number of rotatable bonds is 5. The van der Waals surface area contributed by atoms with E-state index in [2.05, 4.69) is 14.8 Å². The minimum Gasteiger partial charge on any atom is -0.494 e. The lowest BCUT2D eigenvalue weighted by molar-refractivity contribution is -0.0780. The number of benzene rings is 1. The molecule has 4 heterocycles. The van der Waals surface area contributed by atoms with Crippen molar-refractivity contribution in [3.63, 3.8) is 0 Å². The van der Waals surface area contributed by atoms with Gasteiger partial charge >= 0.3 is 0 Å². The van der Waals surface area contributed by atoms with Crippen molar-refractivity contribution in [3.8, 4) is 5.75 Å². The monoisotopic (exact) mass is 345 g/mol. The first kappa shape index (κ1) is 16.4. The zero-order valence-electron chi connectivity index (χ0n) is 14.2. The van der Waals surface area contributed by atoms with Crippen LogP contribution in [-0.2, 0) is 13.1 Å². The van der Waals surface area contributed by atoms with Crippen LogP contribution in [0.5, 0.6) is 5.75 Å². The van der Waals surface area contributed by atoms with Crippen molar-refractivity contribution in [2.75, 3.05) is 20.2 Å². The molecule has 2 aromatic rings. The molecule has 0 radical (unpaired) electrons. The Balaban J connectivity index is 1.37. The van der Waals surface area contributed by atoms with E-state index < -0.39 is 0 Å². The molecule has 0 N–H and O–H groups in total. The van der Waals surface area contributed by atoms with Gasteiger partial charge in [0.05, 0.1) is 12.8 Å². The molecule has 1 aromatic carbocycles. The van der Waals surface area contributed by atoms with Gasteiger partial charge in [0.25, 0.3) is 0 Å². The minimum absolute atomic E-state index is 0.243. The van der Waals surface area contributed by atoms with Crippen LogP contribution in [0.4, 0.5) is 8.78 Å². The molecule has 0 aliphatic carbocycles. The number of fused-ring (bicyclic) bond motifs is 2. The van der Waals surface area contributed by atoms with E-state index in [1.807, 2.05) is 6.07 Å². The van der Waals surface area contributed by atoms with E-state index in [0.29, 0.717) is 24.3 Å². The van der Waals surface area contributed by atoms with Gasteiger partial charge in [0.2, 0.25) is 0 Å². The van der Waals surface area contributed by atoms with Crippen molar-refractivity contribution in [1.29, 1.82) is 0 Å². The smallest absolute Gasteiger partial charge is 0.165 e. The molecule has 4 nitrogen and oxygen atoms in total. The van der Waals surface area contributed by atoms with Crippen LogP contribution in [-0.4, -0.2) is 47.1 Å². The topological polar surface area (TPSA) is 28.6 Å². The summed E-state index contributed by atoms with van der Waals surface area (Å²) in [7, 11) is 1.47. The van der Waals surface area contributed by atoms with E-state index in [1.165, 1.54) is 13.2 Å². The molecule has 25 heavy (non-hydrogen) atoms. The first-order chi connectivity index (χ1) is 12.1. The second-order valence-corrected chi connectivity index (χ2v) is 6.81. The largest absolute Gasteiger partial charge is 0.494 e. The molecule has 3 aliphatic heterocycles. The average molecular weight is 345 g/mol. The standard InChI is InChI=1S/C19H21F2N3O/c1-25-19-5-4-13(7-17(19)21)9-24-14-8-15(24)11-23(10-14)12-18-16(20)3-2-6-22-18/h2-7,14-15H,8-12H2,1H3. The Bertz CT molecular complexity index is 758. The van der Waals surface area contributed by atoms with Crippen molar-refractivity contribution in [2.24, 2.45) is 0 Å². The van der Waals surface area contributed by atoms with Crippen LogP contribution in [0.15, 0.2) is 36.5 Å². The first-order valence-corrected chi connectivity index (χ1v) is 8.54. The number of piperazine rings is 1. The minimum atomic E-state index is -0.321. The van der Waals surface area contributed by atoms with Gasteiger partial charge in [-0.25, -0.2) is 8.78 Å². The third-order valence-electron chi connectivity index (χ3n) is 5.21. The molecule has 2 bridgehead atoms. The Kier molecular flexibility index (Phi) is 4.39. The molecule has 0 amide bonds. The predicted octanol–water partition coefficient (Wildman–Crippen LogP) is 2.83. The van der Waals surface area contributed by atoms with Crippen LogP contribution in [0.25, 0.3) is 0 Å². The number of nitrogens with zero attached hydrogens (tertiary/aromatic N) is 3. The number of aromatic nitrogens is 1. The molecule has 5 rings (SSSR count). The highest BCUT2D eigenvalue weighted by Gasteiger charge is 2.44. The molecule has 0 saturated carbocycles. The van der Waals surface area contributed by atoms with E-state index in [9.17, 15) is 8.78 Å². The van der Waals surface area contributed by atoms with E-state index in [4.69, 9.17) is 4.74 Å². The number of pyridine rings is 1. The lowest BCUT2D eigenvalue weighted by Gasteiger charge is -2.56. The average Bonchev–Trinajstić information content (AvgIpc) is 2.62. The number of piperidine rings is 1. The van der Waals surface area contributed by atoms with Crippen molar-refractivity contribution in [3.05, 3.63) is 59.4 Å². The van der Waals surface area contributed by atoms with Gasteiger partial charge in [-0.2, -0.15) is 0 Å². The van der Waals surface area contributed by atoms with Gasteiger partial charge in [-0.15, -0.1) is 0 Å². The number of ether oxygens (including phenoxy) is 1. The van der Waals surface area contributed by atoms with Crippen LogP contribution >= 0.6 is 0 Å². The summed E-state index contributed by atoms with van der Waals surface area (Å²) in [4.78, 5) is 8.81. The van der Waals surface area contributed by atoms with Gasteiger partial charge in [0.15, 0.2) is 11.6 Å². The molecule has 3 aliphatic rings. The first-order valence-electron chi connectivity index (χ1n) is 8.54. The Morgan fingerprint density at radius 2 is 1.92 bits per heavy atom. The molecule has 2 unspecified atom stereocenters. The summed E-state index contributed by atoms with van der Waals surface area (Å²) < 4.78 is 32.6. The van der Waals surface area contributed by atoms with E-state index in [0.717, 1.165) is 31.6 Å². The van der Waals surface area contributed by atoms with E-state index >= 15 is 0 Å². The third-order valence-corrected chi connectivity index (χ3v) is 5.21. The van der Waals surface area contributed by atoms with Gasteiger partial charge in [-0.1, -0.05) is 6.07 Å². The van der Waals surface area contributed by atoms with Crippen LogP contribution in [0.3, 0.4) is 0 Å². The third kappa shape index (κ3) is 3.24. The van der Waals surface area contributed by atoms with Gasteiger partial charge in [-0.3, -0.25) is 14.8 Å². The Hall–Kier alpha value is -2.05. The van der Waals surface area contributed by atoms with Crippen molar-refractivity contribution >= 4 is 0 Å². The Morgan fingerprint density at radius 3 is 2.60 bits per heavy atom. The molecule has 0 spiro atoms. The van der Waals surface area contributed by atoms with E-state index in [1.54, 1.807) is 24.4 Å². The molecule has 3 saturated heterocycles. The Labute approximate surface area is 146 Å². The molecule has 3 fully saturated rings. The maximum absolute atomic E-state index is 13.9. The fourth-order valence-electron chi connectivity index (χ4n) is 3.93. The lowest BCUT2D eigenvalue weighted by Crippen LogP contribution is -2.67. The Morgan fingerprint density at radius 1 is 1.12 bits per heavy atom. The van der Waals surface area contributed by atoms with E-state index in [-0.39, 0.29) is 17.4 Å². The highest BCUT2D eigenvalue weighted by atomic mass is 19.1. The fourth-order valence-corrected chi connectivity index (χ4v) is 3.93. The molecular weight excluding hydrogens is 324 g/mol. The van der Waals surface area contributed by atoms with Crippen LogP contribution in [0.1, 0.15) is 17.7 Å². The zero-order valence-corrected chi connectivity index (χ0v) is 14.2. The molecule has 2 atom stereocenters. The summed E-state index contributed by atoms with van der Waals surface area (Å²) >= 11 is 0.